The number of H-pyrrole nitrogens is 1. The molecule has 1 aromatic heterocycles. The Morgan fingerprint density at radius 1 is 1.55 bits per heavy atom. The van der Waals surface area contributed by atoms with Gasteiger partial charge >= 0.3 is 11.7 Å². The van der Waals surface area contributed by atoms with Crippen molar-refractivity contribution in [2.45, 2.75) is 5.16 Å². The Bertz CT molecular complexity index is 665. The number of carboxylic acid groups (broad SMARTS) is 1. The number of aromatic amines is 1. The zero-order chi connectivity index (χ0) is 14.5. The molecule has 0 aliphatic rings. The highest BCUT2D eigenvalue weighted by atomic mass is 32.2. The first kappa shape index (κ1) is 14.2. The topological polar surface area (TPSA) is 97.2 Å². The second kappa shape index (κ2) is 6.29. The first-order valence-corrected chi connectivity index (χ1v) is 6.77. The van der Waals surface area contributed by atoms with Crippen molar-refractivity contribution in [2.75, 3.05) is 12.4 Å². The van der Waals surface area contributed by atoms with Crippen LogP contribution < -0.4 is 10.4 Å². The van der Waals surface area contributed by atoms with E-state index in [-0.39, 0.29) is 11.3 Å². The van der Waals surface area contributed by atoms with E-state index in [0.29, 0.717) is 23.3 Å². The predicted molar refractivity (Wildman–Crippen MR) is 73.4 cm³/mol. The lowest BCUT2D eigenvalue weighted by Crippen LogP contribution is -2.13. The normalized spacial score (nSPS) is 10.4. The van der Waals surface area contributed by atoms with Crippen LogP contribution in [0.2, 0.25) is 0 Å². The van der Waals surface area contributed by atoms with Crippen LogP contribution in [0.3, 0.4) is 0 Å². The average molecular weight is 295 g/mol. The van der Waals surface area contributed by atoms with Crippen LogP contribution >= 0.6 is 11.8 Å². The summed E-state index contributed by atoms with van der Waals surface area (Å²) in [5.41, 5.74) is -0.0765. The Hall–Kier alpha value is -2.22. The summed E-state index contributed by atoms with van der Waals surface area (Å²) in [7, 11) is 1.63. The molecule has 0 aliphatic carbocycles. The third-order valence-corrected chi connectivity index (χ3v) is 3.50. The van der Waals surface area contributed by atoms with Gasteiger partial charge in [0.25, 0.3) is 0 Å². The molecular weight excluding hydrogens is 282 g/mol. The summed E-state index contributed by atoms with van der Waals surface area (Å²) < 4.78 is 6.87. The molecule has 0 amide bonds. The summed E-state index contributed by atoms with van der Waals surface area (Å²) in [5, 5.41) is 15.6. The second-order valence-corrected chi connectivity index (χ2v) is 4.96. The first-order valence-electron chi connectivity index (χ1n) is 5.78. The lowest BCUT2D eigenvalue weighted by Gasteiger charge is -2.06. The molecule has 2 rings (SSSR count). The molecular formula is C12H13N3O4S. The van der Waals surface area contributed by atoms with Crippen molar-refractivity contribution in [2.24, 2.45) is 7.05 Å². The highest BCUT2D eigenvalue weighted by Crippen LogP contribution is 2.15. The van der Waals surface area contributed by atoms with Crippen LogP contribution in [-0.4, -0.2) is 38.2 Å². The lowest BCUT2D eigenvalue weighted by atomic mass is 10.2. The van der Waals surface area contributed by atoms with Crippen LogP contribution in [0.4, 0.5) is 0 Å². The zero-order valence-electron chi connectivity index (χ0n) is 10.7. The molecule has 0 spiro atoms. The minimum Gasteiger partial charge on any atom is -0.493 e. The Morgan fingerprint density at radius 2 is 2.35 bits per heavy atom. The summed E-state index contributed by atoms with van der Waals surface area (Å²) in [6, 6.07) is 6.30. The summed E-state index contributed by atoms with van der Waals surface area (Å²) in [4.78, 5) is 21.9. The molecule has 2 N–H and O–H groups in total. The number of nitrogens with one attached hydrogen (secondary N) is 1. The molecule has 0 bridgehead atoms. The molecule has 0 aliphatic heterocycles. The van der Waals surface area contributed by atoms with E-state index in [1.54, 1.807) is 19.2 Å². The Morgan fingerprint density at radius 3 is 3.00 bits per heavy atom. The standard InChI is InChI=1S/C12H13N3O4S/c1-15-11(18)13-14-12(15)20-6-5-19-9-4-2-3-8(7-9)10(16)17/h2-4,7H,5-6H2,1H3,(H,13,18)(H,16,17). The number of benzene rings is 1. The number of hydrogen-bond donors (Lipinski definition) is 2. The van der Waals surface area contributed by atoms with Gasteiger partial charge in [-0.3, -0.25) is 4.57 Å². The van der Waals surface area contributed by atoms with E-state index in [1.165, 1.54) is 28.5 Å². The predicted octanol–water partition coefficient (Wildman–Crippen LogP) is 0.978. The number of nitrogens with zero attached hydrogens (tertiary/aromatic N) is 2. The van der Waals surface area contributed by atoms with Crippen LogP contribution in [0.25, 0.3) is 0 Å². The van der Waals surface area contributed by atoms with Crippen LogP contribution in [0.5, 0.6) is 5.75 Å². The van der Waals surface area contributed by atoms with E-state index < -0.39 is 5.97 Å². The van der Waals surface area contributed by atoms with Gasteiger partial charge in [-0.15, -0.1) is 5.10 Å². The average Bonchev–Trinajstić information content (AvgIpc) is 2.75. The summed E-state index contributed by atoms with van der Waals surface area (Å²) in [6.45, 7) is 0.384. The van der Waals surface area contributed by atoms with Gasteiger partial charge in [0.05, 0.1) is 12.2 Å². The summed E-state index contributed by atoms with van der Waals surface area (Å²) in [5.74, 6) is 0.105. The maximum Gasteiger partial charge on any atom is 0.343 e. The van der Waals surface area contributed by atoms with Gasteiger partial charge in [-0.2, -0.15) is 0 Å². The Kier molecular flexibility index (Phi) is 4.46. The number of carboxylic acids is 1. The van der Waals surface area contributed by atoms with Crippen molar-refractivity contribution in [3.63, 3.8) is 0 Å². The fourth-order valence-electron chi connectivity index (χ4n) is 1.47. The highest BCUT2D eigenvalue weighted by molar-refractivity contribution is 7.99. The van der Waals surface area contributed by atoms with E-state index >= 15 is 0 Å². The maximum atomic E-state index is 11.1. The minimum atomic E-state index is -0.989. The molecule has 0 saturated carbocycles. The summed E-state index contributed by atoms with van der Waals surface area (Å²) >= 11 is 1.38. The molecule has 0 fully saturated rings. The van der Waals surface area contributed by atoms with E-state index in [0.717, 1.165) is 0 Å². The van der Waals surface area contributed by atoms with Crippen LogP contribution in [0, 0.1) is 0 Å². The third-order valence-electron chi connectivity index (χ3n) is 2.50. The first-order chi connectivity index (χ1) is 9.58. The molecule has 20 heavy (non-hydrogen) atoms. The van der Waals surface area contributed by atoms with Crippen molar-refractivity contribution in [3.8, 4) is 5.75 Å². The number of carbonyl (C=O) groups is 1. The number of hydrogen-bond acceptors (Lipinski definition) is 5. The Balaban J connectivity index is 1.84. The minimum absolute atomic E-state index is 0.185. The summed E-state index contributed by atoms with van der Waals surface area (Å²) in [6.07, 6.45) is 0. The largest absolute Gasteiger partial charge is 0.493 e. The van der Waals surface area contributed by atoms with Crippen molar-refractivity contribution in [1.29, 1.82) is 0 Å². The van der Waals surface area contributed by atoms with Gasteiger partial charge in [0.1, 0.15) is 5.75 Å². The molecule has 0 unspecified atom stereocenters. The molecule has 0 atom stereocenters. The van der Waals surface area contributed by atoms with Crippen LogP contribution in [0.15, 0.2) is 34.2 Å². The van der Waals surface area contributed by atoms with E-state index in [2.05, 4.69) is 10.2 Å². The van der Waals surface area contributed by atoms with Gasteiger partial charge in [-0.05, 0) is 18.2 Å². The molecule has 8 heteroatoms. The molecule has 1 aromatic carbocycles. The SMILES string of the molecule is Cn1c(SCCOc2cccc(C(=O)O)c2)n[nH]c1=O. The van der Waals surface area contributed by atoms with E-state index in [9.17, 15) is 9.59 Å². The molecule has 7 nitrogen and oxygen atoms in total. The van der Waals surface area contributed by atoms with E-state index in [4.69, 9.17) is 9.84 Å². The molecule has 0 saturated heterocycles. The van der Waals surface area contributed by atoms with Crippen molar-refractivity contribution in [1.82, 2.24) is 14.8 Å². The number of aromatic nitrogens is 3. The van der Waals surface area contributed by atoms with Crippen molar-refractivity contribution in [3.05, 3.63) is 40.3 Å². The fraction of sp³-hybridized carbons (Fsp3) is 0.250. The van der Waals surface area contributed by atoms with Gasteiger partial charge < -0.3 is 9.84 Å². The van der Waals surface area contributed by atoms with Crippen molar-refractivity contribution >= 4 is 17.7 Å². The van der Waals surface area contributed by atoms with Crippen molar-refractivity contribution < 1.29 is 14.6 Å². The molecule has 1 heterocycles. The quantitative estimate of drug-likeness (QED) is 0.609. The van der Waals surface area contributed by atoms with Gasteiger partial charge in [0, 0.05) is 12.8 Å². The van der Waals surface area contributed by atoms with Gasteiger partial charge in [-0.25, -0.2) is 14.7 Å². The maximum absolute atomic E-state index is 11.1. The van der Waals surface area contributed by atoms with Gasteiger partial charge in [-0.1, -0.05) is 17.8 Å². The smallest absolute Gasteiger partial charge is 0.343 e. The lowest BCUT2D eigenvalue weighted by molar-refractivity contribution is 0.0696. The monoisotopic (exact) mass is 295 g/mol. The fourth-order valence-corrected chi connectivity index (χ4v) is 2.21. The molecule has 2 aromatic rings. The van der Waals surface area contributed by atoms with Gasteiger partial charge in [0.2, 0.25) is 0 Å². The molecule has 106 valence electrons. The number of thioether (sulfide) groups is 1. The van der Waals surface area contributed by atoms with E-state index in [1.807, 2.05) is 0 Å². The Labute approximate surface area is 118 Å². The highest BCUT2D eigenvalue weighted by Gasteiger charge is 2.06. The number of aromatic carboxylic acids is 1. The second-order valence-electron chi connectivity index (χ2n) is 3.90. The van der Waals surface area contributed by atoms with Crippen LogP contribution in [0.1, 0.15) is 10.4 Å². The number of ether oxygens (including phenoxy) is 1. The third kappa shape index (κ3) is 3.41. The van der Waals surface area contributed by atoms with Gasteiger partial charge in [0.15, 0.2) is 5.16 Å². The molecule has 0 radical (unpaired) electrons. The van der Waals surface area contributed by atoms with Crippen LogP contribution in [-0.2, 0) is 7.05 Å². The zero-order valence-corrected chi connectivity index (χ0v) is 11.5. The number of rotatable bonds is 6.